The van der Waals surface area contributed by atoms with Gasteiger partial charge < -0.3 is 10.2 Å². The zero-order valence-corrected chi connectivity index (χ0v) is 12.3. The maximum atomic E-state index is 5.99. The van der Waals surface area contributed by atoms with Crippen molar-refractivity contribution in [2.45, 2.75) is 32.9 Å². The SMILES string of the molecule is CC(C)NC(=S)N(C)C(C)c1cccc(Cl)c1. The third-order valence-corrected chi connectivity index (χ3v) is 3.29. The topological polar surface area (TPSA) is 15.3 Å². The highest BCUT2D eigenvalue weighted by Crippen LogP contribution is 2.21. The third kappa shape index (κ3) is 4.17. The van der Waals surface area contributed by atoms with E-state index in [1.165, 1.54) is 0 Å². The molecular formula is C13H19ClN2S. The fourth-order valence-corrected chi connectivity index (χ4v) is 2.11. The molecule has 0 bridgehead atoms. The van der Waals surface area contributed by atoms with E-state index in [1.807, 2.05) is 30.1 Å². The van der Waals surface area contributed by atoms with Crippen molar-refractivity contribution in [2.24, 2.45) is 0 Å². The van der Waals surface area contributed by atoms with Crippen molar-refractivity contribution in [3.8, 4) is 0 Å². The maximum Gasteiger partial charge on any atom is 0.169 e. The van der Waals surface area contributed by atoms with E-state index >= 15 is 0 Å². The zero-order valence-electron chi connectivity index (χ0n) is 10.7. The van der Waals surface area contributed by atoms with E-state index in [1.54, 1.807) is 0 Å². The number of rotatable bonds is 3. The molecule has 0 saturated heterocycles. The fraction of sp³-hybridized carbons (Fsp3) is 0.462. The summed E-state index contributed by atoms with van der Waals surface area (Å²) in [5.74, 6) is 0. The van der Waals surface area contributed by atoms with E-state index in [9.17, 15) is 0 Å². The van der Waals surface area contributed by atoms with Crippen molar-refractivity contribution >= 4 is 28.9 Å². The highest BCUT2D eigenvalue weighted by atomic mass is 35.5. The fourth-order valence-electron chi connectivity index (χ4n) is 1.51. The normalized spacial score (nSPS) is 12.4. The standard InChI is InChI=1S/C13H19ClN2S/c1-9(2)15-13(17)16(4)10(3)11-6-5-7-12(14)8-11/h5-10H,1-4H3,(H,15,17). The summed E-state index contributed by atoms with van der Waals surface area (Å²) >= 11 is 11.3. The number of halogens is 1. The largest absolute Gasteiger partial charge is 0.360 e. The Morgan fingerprint density at radius 3 is 2.53 bits per heavy atom. The second-order valence-electron chi connectivity index (χ2n) is 4.45. The van der Waals surface area contributed by atoms with Gasteiger partial charge in [-0.25, -0.2) is 0 Å². The molecule has 0 amide bonds. The van der Waals surface area contributed by atoms with Gasteiger partial charge in [0.05, 0.1) is 6.04 Å². The van der Waals surface area contributed by atoms with E-state index in [-0.39, 0.29) is 6.04 Å². The first-order chi connectivity index (χ1) is 7.91. The molecule has 0 aromatic heterocycles. The van der Waals surface area contributed by atoms with Crippen LogP contribution in [0, 0.1) is 0 Å². The number of benzene rings is 1. The molecule has 4 heteroatoms. The first-order valence-corrected chi connectivity index (χ1v) is 6.49. The molecule has 17 heavy (non-hydrogen) atoms. The molecule has 0 heterocycles. The van der Waals surface area contributed by atoms with Crippen molar-refractivity contribution in [1.29, 1.82) is 0 Å². The van der Waals surface area contributed by atoms with Crippen LogP contribution in [-0.2, 0) is 0 Å². The second kappa shape index (κ2) is 6.22. The van der Waals surface area contributed by atoms with Crippen LogP contribution in [0.4, 0.5) is 0 Å². The summed E-state index contributed by atoms with van der Waals surface area (Å²) in [6.07, 6.45) is 0. The van der Waals surface area contributed by atoms with E-state index in [2.05, 4.69) is 32.2 Å². The molecule has 0 radical (unpaired) electrons. The molecule has 2 nitrogen and oxygen atoms in total. The molecule has 1 unspecified atom stereocenters. The second-order valence-corrected chi connectivity index (χ2v) is 5.27. The van der Waals surface area contributed by atoms with Gasteiger partial charge in [0.15, 0.2) is 5.11 Å². The summed E-state index contributed by atoms with van der Waals surface area (Å²) in [7, 11) is 1.99. The number of nitrogens with zero attached hydrogens (tertiary/aromatic N) is 1. The first kappa shape index (κ1) is 14.3. The highest BCUT2D eigenvalue weighted by molar-refractivity contribution is 7.80. The van der Waals surface area contributed by atoms with Crippen LogP contribution in [0.1, 0.15) is 32.4 Å². The molecule has 0 saturated carbocycles. The van der Waals surface area contributed by atoms with Crippen LogP contribution >= 0.6 is 23.8 Å². The molecule has 1 aromatic carbocycles. The lowest BCUT2D eigenvalue weighted by molar-refractivity contribution is 0.392. The van der Waals surface area contributed by atoms with Gasteiger partial charge in [0.1, 0.15) is 0 Å². The minimum absolute atomic E-state index is 0.201. The maximum absolute atomic E-state index is 5.99. The zero-order chi connectivity index (χ0) is 13.0. The number of thiocarbonyl (C=S) groups is 1. The van der Waals surface area contributed by atoms with Crippen molar-refractivity contribution < 1.29 is 0 Å². The van der Waals surface area contributed by atoms with Gasteiger partial charge >= 0.3 is 0 Å². The van der Waals surface area contributed by atoms with Crippen molar-refractivity contribution in [3.63, 3.8) is 0 Å². The molecule has 1 aromatic rings. The molecule has 94 valence electrons. The molecule has 0 spiro atoms. The molecule has 1 N–H and O–H groups in total. The van der Waals surface area contributed by atoms with Gasteiger partial charge in [-0.3, -0.25) is 0 Å². The van der Waals surface area contributed by atoms with Gasteiger partial charge in [0.25, 0.3) is 0 Å². The summed E-state index contributed by atoms with van der Waals surface area (Å²) in [5.41, 5.74) is 1.16. The van der Waals surface area contributed by atoms with Gasteiger partial charge in [-0.15, -0.1) is 0 Å². The quantitative estimate of drug-likeness (QED) is 0.845. The minimum atomic E-state index is 0.201. The van der Waals surface area contributed by atoms with Crippen molar-refractivity contribution in [2.75, 3.05) is 7.05 Å². The lowest BCUT2D eigenvalue weighted by Crippen LogP contribution is -2.41. The Hall–Kier alpha value is -0.800. The Morgan fingerprint density at radius 1 is 1.35 bits per heavy atom. The Morgan fingerprint density at radius 2 is 2.00 bits per heavy atom. The Kier molecular flexibility index (Phi) is 5.22. The van der Waals surface area contributed by atoms with Gasteiger partial charge in [0.2, 0.25) is 0 Å². The van der Waals surface area contributed by atoms with E-state index in [4.69, 9.17) is 23.8 Å². The summed E-state index contributed by atoms with van der Waals surface area (Å²) in [4.78, 5) is 2.04. The lowest BCUT2D eigenvalue weighted by atomic mass is 10.1. The van der Waals surface area contributed by atoms with Gasteiger partial charge in [0, 0.05) is 18.1 Å². The number of nitrogens with one attached hydrogen (secondary N) is 1. The van der Waals surface area contributed by atoms with Crippen LogP contribution in [0.3, 0.4) is 0 Å². The predicted octanol–water partition coefficient (Wildman–Crippen LogP) is 3.62. The van der Waals surface area contributed by atoms with Crippen LogP contribution in [-0.4, -0.2) is 23.1 Å². The average molecular weight is 271 g/mol. The summed E-state index contributed by atoms with van der Waals surface area (Å²) in [6.45, 7) is 6.26. The predicted molar refractivity (Wildman–Crippen MR) is 78.5 cm³/mol. The Balaban J connectivity index is 2.75. The summed E-state index contributed by atoms with van der Waals surface area (Å²) in [5, 5.41) is 4.74. The molecule has 1 atom stereocenters. The minimum Gasteiger partial charge on any atom is -0.360 e. The Bertz CT molecular complexity index is 393. The number of hydrogen-bond acceptors (Lipinski definition) is 1. The lowest BCUT2D eigenvalue weighted by Gasteiger charge is -2.29. The van der Waals surface area contributed by atoms with Crippen LogP contribution in [0.5, 0.6) is 0 Å². The molecule has 1 rings (SSSR count). The molecular weight excluding hydrogens is 252 g/mol. The number of hydrogen-bond donors (Lipinski definition) is 1. The molecule has 0 aliphatic carbocycles. The molecule has 0 aliphatic heterocycles. The van der Waals surface area contributed by atoms with Crippen LogP contribution < -0.4 is 5.32 Å². The van der Waals surface area contributed by atoms with Gasteiger partial charge in [-0.2, -0.15) is 0 Å². The Labute approximate surface area is 114 Å². The van der Waals surface area contributed by atoms with E-state index in [0.29, 0.717) is 6.04 Å². The van der Waals surface area contributed by atoms with Gasteiger partial charge in [-0.1, -0.05) is 23.7 Å². The smallest absolute Gasteiger partial charge is 0.169 e. The van der Waals surface area contributed by atoms with Crippen LogP contribution in [0.25, 0.3) is 0 Å². The molecule has 0 fully saturated rings. The van der Waals surface area contributed by atoms with Crippen LogP contribution in [0.2, 0.25) is 5.02 Å². The highest BCUT2D eigenvalue weighted by Gasteiger charge is 2.15. The average Bonchev–Trinajstić information content (AvgIpc) is 2.26. The van der Waals surface area contributed by atoms with E-state index < -0.39 is 0 Å². The third-order valence-electron chi connectivity index (χ3n) is 2.64. The summed E-state index contributed by atoms with van der Waals surface area (Å²) in [6, 6.07) is 8.42. The van der Waals surface area contributed by atoms with Crippen LogP contribution in [0.15, 0.2) is 24.3 Å². The van der Waals surface area contributed by atoms with E-state index in [0.717, 1.165) is 15.7 Å². The monoisotopic (exact) mass is 270 g/mol. The van der Waals surface area contributed by atoms with Gasteiger partial charge in [-0.05, 0) is 50.7 Å². The van der Waals surface area contributed by atoms with Crippen molar-refractivity contribution in [3.05, 3.63) is 34.9 Å². The van der Waals surface area contributed by atoms with Crippen molar-refractivity contribution in [1.82, 2.24) is 10.2 Å². The first-order valence-electron chi connectivity index (χ1n) is 5.70. The molecule has 0 aliphatic rings. The summed E-state index contributed by atoms with van der Waals surface area (Å²) < 4.78 is 0.